The number of hydrogen-bond donors (Lipinski definition) is 5. The summed E-state index contributed by atoms with van der Waals surface area (Å²) < 4.78 is 0.177. The number of aliphatic hydroxyl groups is 5. The Morgan fingerprint density at radius 1 is 1.08 bits per heavy atom. The van der Waals surface area contributed by atoms with Crippen LogP contribution in [0.4, 0.5) is 0 Å². The normalized spacial score (nSPS) is 16.3. The number of halogens is 2. The van der Waals surface area contributed by atoms with Gasteiger partial charge in [-0.15, -0.1) is 0 Å². The molecule has 0 radical (unpaired) electrons. The Morgan fingerprint density at radius 2 is 1.62 bits per heavy atom. The number of rotatable bonds is 9. The van der Waals surface area contributed by atoms with Gasteiger partial charge in [0.25, 0.3) is 0 Å². The van der Waals surface area contributed by atoms with Gasteiger partial charge in [-0.2, -0.15) is 0 Å². The van der Waals surface area contributed by atoms with Gasteiger partial charge in [0.1, 0.15) is 24.4 Å². The third-order valence-corrected chi connectivity index (χ3v) is 4.39. The van der Waals surface area contributed by atoms with Gasteiger partial charge in [0.15, 0.2) is 0 Å². The predicted octanol–water partition coefficient (Wildman–Crippen LogP) is -0.461. The smallest absolute Gasteiger partial charge is 0.232 e. The van der Waals surface area contributed by atoms with Gasteiger partial charge < -0.3 is 30.4 Å². The summed E-state index contributed by atoms with van der Waals surface area (Å²) in [6.07, 6.45) is -6.50. The van der Waals surface area contributed by atoms with E-state index < -0.39 is 31.0 Å². The molecule has 136 valence electrons. The quantitative estimate of drug-likeness (QED) is 0.244. The molecule has 1 rings (SSSR count). The molecule has 0 fully saturated rings. The van der Waals surface area contributed by atoms with Gasteiger partial charge in [0.2, 0.25) is 5.91 Å². The van der Waals surface area contributed by atoms with Crippen LogP contribution in [0.5, 0.6) is 0 Å². The highest BCUT2D eigenvalue weighted by molar-refractivity contribution is 14.1. The lowest BCUT2D eigenvalue weighted by atomic mass is 10.0. The molecule has 0 bridgehead atoms. The minimum absolute atomic E-state index is 0.177. The molecule has 0 aliphatic carbocycles. The molecule has 9 heteroatoms. The topological polar surface area (TPSA) is 121 Å². The lowest BCUT2D eigenvalue weighted by Crippen LogP contribution is -2.50. The van der Waals surface area contributed by atoms with Gasteiger partial charge in [0, 0.05) is 18.1 Å². The van der Waals surface area contributed by atoms with E-state index >= 15 is 0 Å². The molecule has 7 nitrogen and oxygen atoms in total. The van der Waals surface area contributed by atoms with Crippen molar-refractivity contribution in [2.45, 2.75) is 31.0 Å². The Hall–Kier alpha value is -0.490. The minimum atomic E-state index is -1.72. The van der Waals surface area contributed by atoms with Crippen LogP contribution >= 0.6 is 34.2 Å². The van der Waals surface area contributed by atoms with E-state index in [4.69, 9.17) is 16.7 Å². The number of aliphatic hydroxyl groups excluding tert-OH is 5. The highest BCUT2D eigenvalue weighted by Crippen LogP contribution is 2.14. The number of nitrogens with zero attached hydrogens (tertiary/aromatic N) is 1. The summed E-state index contributed by atoms with van der Waals surface area (Å²) >= 11 is 7.71. The van der Waals surface area contributed by atoms with Gasteiger partial charge >= 0.3 is 0 Å². The predicted molar refractivity (Wildman–Crippen MR) is 96.9 cm³/mol. The molecule has 1 amide bonds. The van der Waals surface area contributed by atoms with Crippen LogP contribution in [-0.2, 0) is 11.3 Å². The summed E-state index contributed by atoms with van der Waals surface area (Å²) in [7, 11) is 0. The number of carbonyl (C=O) groups excluding carboxylic acids is 1. The lowest BCUT2D eigenvalue weighted by Gasteiger charge is -2.30. The maximum absolute atomic E-state index is 12.0. The largest absolute Gasteiger partial charge is 0.394 e. The van der Waals surface area contributed by atoms with Crippen molar-refractivity contribution >= 4 is 40.1 Å². The van der Waals surface area contributed by atoms with Crippen LogP contribution in [0.25, 0.3) is 0 Å². The molecule has 5 N–H and O–H groups in total. The summed E-state index contributed by atoms with van der Waals surface area (Å²) in [5, 5.41) is 48.2. The molecule has 0 aliphatic rings. The summed E-state index contributed by atoms with van der Waals surface area (Å²) in [6.45, 7) is -0.797. The SMILES string of the molecule is O=C(CI)N(Cc1ccc(Cl)cc1)[12CH2][12CH](O)[12CH](O)[12CH](O)[12CH](O)[12CH2]O. The van der Waals surface area contributed by atoms with Crippen LogP contribution in [0.1, 0.15) is 5.56 Å². The van der Waals surface area contributed by atoms with Crippen LogP contribution in [0.2, 0.25) is 5.02 Å². The molecule has 0 saturated carbocycles. The second kappa shape index (κ2) is 10.5. The van der Waals surface area contributed by atoms with Crippen LogP contribution < -0.4 is 0 Å². The van der Waals surface area contributed by atoms with E-state index in [-0.39, 0.29) is 23.4 Å². The first-order valence-corrected chi connectivity index (χ1v) is 9.11. The Kier molecular flexibility index (Phi) is 9.42. The van der Waals surface area contributed by atoms with Crippen molar-refractivity contribution in [3.05, 3.63) is 34.9 Å². The molecular weight excluding hydrogens is 452 g/mol. The molecule has 1 aromatic carbocycles. The van der Waals surface area contributed by atoms with Crippen molar-refractivity contribution in [1.82, 2.24) is 4.90 Å². The fourth-order valence-electron chi connectivity index (χ4n) is 2.05. The third kappa shape index (κ3) is 6.43. The Morgan fingerprint density at radius 3 is 2.12 bits per heavy atom. The highest BCUT2D eigenvalue weighted by Gasteiger charge is 2.31. The van der Waals surface area contributed by atoms with Crippen molar-refractivity contribution in [2.24, 2.45) is 0 Å². The van der Waals surface area contributed by atoms with E-state index in [0.717, 1.165) is 5.56 Å². The average Bonchev–Trinajstić information content (AvgIpc) is 2.59. The molecule has 0 saturated heterocycles. The fraction of sp³-hybridized carbons (Fsp3) is 0.533. The Labute approximate surface area is 158 Å². The van der Waals surface area contributed by atoms with E-state index in [1.165, 1.54) is 4.90 Å². The molecule has 4 atom stereocenters. The Bertz CT molecular complexity index is 517. The maximum Gasteiger partial charge on any atom is 0.232 e. The first-order chi connectivity index (χ1) is 11.3. The zero-order valence-electron chi connectivity index (χ0n) is 12.8. The molecule has 0 aromatic heterocycles. The van der Waals surface area contributed by atoms with Crippen molar-refractivity contribution < 1.29 is 30.3 Å². The number of alkyl halides is 1. The summed E-state index contributed by atoms with van der Waals surface area (Å²) in [5.74, 6) is -0.256. The van der Waals surface area contributed by atoms with Gasteiger partial charge in [-0.1, -0.05) is 46.3 Å². The fourth-order valence-corrected chi connectivity index (χ4v) is 2.65. The first kappa shape index (κ1) is 21.6. The van der Waals surface area contributed by atoms with Gasteiger partial charge in [-0.25, -0.2) is 0 Å². The van der Waals surface area contributed by atoms with E-state index in [2.05, 4.69) is 0 Å². The molecule has 4 unspecified atom stereocenters. The first-order valence-electron chi connectivity index (χ1n) is 7.21. The molecule has 0 aliphatic heterocycles. The van der Waals surface area contributed by atoms with Crippen LogP contribution in [-0.4, -0.2) is 78.3 Å². The van der Waals surface area contributed by atoms with E-state index in [9.17, 15) is 25.2 Å². The summed E-state index contributed by atoms with van der Waals surface area (Å²) in [6, 6.07) is 6.83. The maximum atomic E-state index is 12.0. The summed E-state index contributed by atoms with van der Waals surface area (Å²) in [5.41, 5.74) is 0.787. The Balaban J connectivity index is 2.78. The van der Waals surface area contributed by atoms with Crippen LogP contribution in [0.3, 0.4) is 0 Å². The summed E-state index contributed by atoms with van der Waals surface area (Å²) in [4.78, 5) is 13.4. The van der Waals surface area contributed by atoms with E-state index in [1.54, 1.807) is 24.3 Å². The van der Waals surface area contributed by atoms with Crippen LogP contribution in [0, 0.1) is 0 Å². The van der Waals surface area contributed by atoms with Gasteiger partial charge in [-0.05, 0) is 17.7 Å². The monoisotopic (exact) mass is 473 g/mol. The zero-order chi connectivity index (χ0) is 18.3. The standard InChI is InChI=1S/C15H21ClINO6/c16-10-3-1-9(2-4-10)6-18(13(22)5-17)7-11(20)14(23)15(24)12(21)8-19/h1-4,11-12,14-15,19-21,23-24H,5-8H2/i7+0,8+0,11+0,12+0,14+0,15+0. The number of amides is 1. The molecule has 0 spiro atoms. The number of benzene rings is 1. The number of carbonyl (C=O) groups is 1. The van der Waals surface area contributed by atoms with Gasteiger partial charge in [0.05, 0.1) is 11.0 Å². The van der Waals surface area contributed by atoms with E-state index in [0.29, 0.717) is 5.02 Å². The number of hydrogen-bond acceptors (Lipinski definition) is 6. The molecule has 0 heterocycles. The second-order valence-electron chi connectivity index (χ2n) is 5.33. The van der Waals surface area contributed by atoms with Gasteiger partial charge in [-0.3, -0.25) is 4.79 Å². The lowest BCUT2D eigenvalue weighted by molar-refractivity contribution is -0.138. The van der Waals surface area contributed by atoms with Crippen molar-refractivity contribution in [1.29, 1.82) is 0 Å². The zero-order valence-corrected chi connectivity index (χ0v) is 15.7. The van der Waals surface area contributed by atoms with Crippen molar-refractivity contribution in [2.75, 3.05) is 17.6 Å². The molecule has 1 aromatic rings. The van der Waals surface area contributed by atoms with Crippen LogP contribution in [0.15, 0.2) is 24.3 Å². The highest BCUT2D eigenvalue weighted by atomic mass is 127. The minimum Gasteiger partial charge on any atom is -0.394 e. The third-order valence-electron chi connectivity index (χ3n) is 3.49. The second-order valence-corrected chi connectivity index (χ2v) is 6.53. The van der Waals surface area contributed by atoms with Crippen molar-refractivity contribution in [3.63, 3.8) is 0 Å². The van der Waals surface area contributed by atoms with Crippen molar-refractivity contribution in [3.8, 4) is 0 Å². The average molecular weight is 474 g/mol. The molecule has 24 heavy (non-hydrogen) atoms. The molecular formula is C15H21ClINO6. The van der Waals surface area contributed by atoms with E-state index in [1.807, 2.05) is 22.6 Å².